The molecule has 0 fully saturated rings. The highest BCUT2D eigenvalue weighted by atomic mass is 79.9. The molecule has 0 saturated heterocycles. The van der Waals surface area contributed by atoms with Crippen molar-refractivity contribution in [1.82, 2.24) is 0 Å². The number of hydrogen-bond donors (Lipinski definition) is 1. The third-order valence-electron chi connectivity index (χ3n) is 4.00. The number of nitrogens with one attached hydrogen (secondary N) is 1. The van der Waals surface area contributed by atoms with E-state index in [2.05, 4.69) is 42.0 Å². The van der Waals surface area contributed by atoms with Gasteiger partial charge in [-0.25, -0.2) is 0 Å². The molecule has 0 aliphatic carbocycles. The van der Waals surface area contributed by atoms with Gasteiger partial charge >= 0.3 is 0 Å². The number of ether oxygens (including phenoxy) is 3. The molecular weight excluding hydrogens is 398 g/mol. The van der Waals surface area contributed by atoms with Crippen LogP contribution in [0.3, 0.4) is 0 Å². The first-order valence-electron chi connectivity index (χ1n) is 8.45. The van der Waals surface area contributed by atoms with Crippen LogP contribution in [0.1, 0.15) is 26.3 Å². The molecule has 5 nitrogen and oxygen atoms in total. The first-order valence-corrected chi connectivity index (χ1v) is 9.24. The molecule has 1 heterocycles. The molecule has 2 aromatic rings. The smallest absolute Gasteiger partial charge is 0.262 e. The summed E-state index contributed by atoms with van der Waals surface area (Å²) in [6.07, 6.45) is 0. The molecule has 1 aliphatic rings. The predicted molar refractivity (Wildman–Crippen MR) is 104 cm³/mol. The number of fused-ring (bicyclic) bond motifs is 1. The van der Waals surface area contributed by atoms with Crippen molar-refractivity contribution in [2.24, 2.45) is 0 Å². The summed E-state index contributed by atoms with van der Waals surface area (Å²) in [4.78, 5) is 12.2. The molecule has 26 heavy (non-hydrogen) atoms. The Bertz CT molecular complexity index is 797. The van der Waals surface area contributed by atoms with E-state index in [1.807, 2.05) is 24.3 Å². The van der Waals surface area contributed by atoms with Crippen molar-refractivity contribution in [1.29, 1.82) is 0 Å². The lowest BCUT2D eigenvalue weighted by molar-refractivity contribution is -0.118. The fourth-order valence-electron chi connectivity index (χ4n) is 2.55. The van der Waals surface area contributed by atoms with Gasteiger partial charge in [-0.15, -0.1) is 0 Å². The quantitative estimate of drug-likeness (QED) is 0.790. The molecule has 1 aliphatic heterocycles. The van der Waals surface area contributed by atoms with Crippen LogP contribution < -0.4 is 19.5 Å². The van der Waals surface area contributed by atoms with E-state index in [1.54, 1.807) is 12.1 Å². The Morgan fingerprint density at radius 1 is 1.12 bits per heavy atom. The lowest BCUT2D eigenvalue weighted by Crippen LogP contribution is -2.21. The standard InChI is InChI=1S/C20H22BrNO4/c1-20(2,3)13-4-6-14(7-5-13)26-12-19(23)22-16-11-18-17(10-15(16)21)24-8-9-25-18/h4-7,10-11H,8-9,12H2,1-3H3,(H,22,23). The maximum absolute atomic E-state index is 12.2. The lowest BCUT2D eigenvalue weighted by atomic mass is 9.87. The molecule has 0 saturated carbocycles. The number of carbonyl (C=O) groups excluding carboxylic acids is 1. The van der Waals surface area contributed by atoms with Crippen LogP contribution in [0.5, 0.6) is 17.2 Å². The van der Waals surface area contributed by atoms with E-state index in [9.17, 15) is 4.79 Å². The molecule has 1 N–H and O–H groups in total. The first kappa shape index (κ1) is 18.6. The van der Waals surface area contributed by atoms with Gasteiger partial charge < -0.3 is 19.5 Å². The molecule has 138 valence electrons. The molecule has 0 spiro atoms. The summed E-state index contributed by atoms with van der Waals surface area (Å²) in [7, 11) is 0. The first-order chi connectivity index (χ1) is 12.3. The van der Waals surface area contributed by atoms with Crippen molar-refractivity contribution in [3.05, 3.63) is 46.4 Å². The van der Waals surface area contributed by atoms with Crippen LogP contribution in [-0.4, -0.2) is 25.7 Å². The van der Waals surface area contributed by atoms with Crippen LogP contribution in [0.15, 0.2) is 40.9 Å². The van der Waals surface area contributed by atoms with Gasteiger partial charge in [0.25, 0.3) is 5.91 Å². The monoisotopic (exact) mass is 419 g/mol. The summed E-state index contributed by atoms with van der Waals surface area (Å²) >= 11 is 3.44. The molecule has 3 rings (SSSR count). The fourth-order valence-corrected chi connectivity index (χ4v) is 2.97. The molecule has 0 radical (unpaired) electrons. The number of anilines is 1. The minimum Gasteiger partial charge on any atom is -0.486 e. The Morgan fingerprint density at radius 2 is 1.73 bits per heavy atom. The van der Waals surface area contributed by atoms with Gasteiger partial charge in [0.1, 0.15) is 19.0 Å². The topological polar surface area (TPSA) is 56.8 Å². The predicted octanol–water partition coefficient (Wildman–Crippen LogP) is 4.54. The average Bonchev–Trinajstić information content (AvgIpc) is 2.60. The Hall–Kier alpha value is -2.21. The van der Waals surface area contributed by atoms with Crippen LogP contribution in [0, 0.1) is 0 Å². The van der Waals surface area contributed by atoms with E-state index in [4.69, 9.17) is 14.2 Å². The summed E-state index contributed by atoms with van der Waals surface area (Å²) in [6, 6.07) is 11.3. The van der Waals surface area contributed by atoms with Crippen LogP contribution >= 0.6 is 15.9 Å². The molecule has 0 aromatic heterocycles. The maximum atomic E-state index is 12.2. The zero-order chi connectivity index (χ0) is 18.7. The Balaban J connectivity index is 1.59. The molecule has 1 amide bonds. The SMILES string of the molecule is CC(C)(C)c1ccc(OCC(=O)Nc2cc3c(cc2Br)OCCO3)cc1. The Morgan fingerprint density at radius 3 is 2.35 bits per heavy atom. The normalized spacial score (nSPS) is 13.2. The number of amides is 1. The van der Waals surface area contributed by atoms with Gasteiger partial charge in [-0.05, 0) is 39.0 Å². The van der Waals surface area contributed by atoms with Crippen LogP contribution in [0.2, 0.25) is 0 Å². The van der Waals surface area contributed by atoms with Crippen molar-refractivity contribution < 1.29 is 19.0 Å². The van der Waals surface area contributed by atoms with E-state index in [0.29, 0.717) is 36.1 Å². The highest BCUT2D eigenvalue weighted by molar-refractivity contribution is 9.10. The van der Waals surface area contributed by atoms with E-state index < -0.39 is 0 Å². The minimum atomic E-state index is -0.248. The third-order valence-corrected chi connectivity index (χ3v) is 4.65. The van der Waals surface area contributed by atoms with Gasteiger partial charge in [0, 0.05) is 16.6 Å². The van der Waals surface area contributed by atoms with Crippen molar-refractivity contribution >= 4 is 27.5 Å². The molecular formula is C20H22BrNO4. The van der Waals surface area contributed by atoms with Gasteiger partial charge in [-0.3, -0.25) is 4.79 Å². The molecule has 0 atom stereocenters. The van der Waals surface area contributed by atoms with Gasteiger partial charge in [0.15, 0.2) is 18.1 Å². The molecule has 2 aromatic carbocycles. The third kappa shape index (κ3) is 4.49. The number of rotatable bonds is 4. The molecule has 0 bridgehead atoms. The Kier molecular flexibility index (Phi) is 5.41. The average molecular weight is 420 g/mol. The van der Waals surface area contributed by atoms with Crippen LogP contribution in [0.25, 0.3) is 0 Å². The summed E-state index contributed by atoms with van der Waals surface area (Å²) in [6.45, 7) is 7.41. The second kappa shape index (κ2) is 7.58. The van der Waals surface area contributed by atoms with Crippen molar-refractivity contribution in [2.75, 3.05) is 25.1 Å². The zero-order valence-corrected chi connectivity index (χ0v) is 16.7. The van der Waals surface area contributed by atoms with E-state index in [0.717, 1.165) is 4.47 Å². The lowest BCUT2D eigenvalue weighted by Gasteiger charge is -2.20. The molecule has 6 heteroatoms. The van der Waals surface area contributed by atoms with Crippen molar-refractivity contribution in [3.63, 3.8) is 0 Å². The number of carbonyl (C=O) groups is 1. The van der Waals surface area contributed by atoms with Crippen molar-refractivity contribution in [3.8, 4) is 17.2 Å². The summed E-state index contributed by atoms with van der Waals surface area (Å²) < 4.78 is 17.4. The highest BCUT2D eigenvalue weighted by Crippen LogP contribution is 2.38. The van der Waals surface area contributed by atoms with Gasteiger partial charge in [0.05, 0.1) is 5.69 Å². The minimum absolute atomic E-state index is 0.0737. The van der Waals surface area contributed by atoms with Gasteiger partial charge in [-0.1, -0.05) is 32.9 Å². The summed E-state index contributed by atoms with van der Waals surface area (Å²) in [5, 5.41) is 2.82. The van der Waals surface area contributed by atoms with Gasteiger partial charge in [-0.2, -0.15) is 0 Å². The number of benzene rings is 2. The second-order valence-electron chi connectivity index (χ2n) is 7.09. The molecule has 0 unspecified atom stereocenters. The van der Waals surface area contributed by atoms with E-state index >= 15 is 0 Å². The maximum Gasteiger partial charge on any atom is 0.262 e. The van der Waals surface area contributed by atoms with Crippen LogP contribution in [0.4, 0.5) is 5.69 Å². The second-order valence-corrected chi connectivity index (χ2v) is 7.94. The van der Waals surface area contributed by atoms with Gasteiger partial charge in [0.2, 0.25) is 0 Å². The summed E-state index contributed by atoms with van der Waals surface area (Å²) in [5.41, 5.74) is 1.92. The summed E-state index contributed by atoms with van der Waals surface area (Å²) in [5.74, 6) is 1.70. The van der Waals surface area contributed by atoms with Crippen molar-refractivity contribution in [2.45, 2.75) is 26.2 Å². The van der Waals surface area contributed by atoms with E-state index in [-0.39, 0.29) is 17.9 Å². The van der Waals surface area contributed by atoms with E-state index in [1.165, 1.54) is 5.56 Å². The fraction of sp³-hybridized carbons (Fsp3) is 0.350. The van der Waals surface area contributed by atoms with Crippen LogP contribution in [-0.2, 0) is 10.2 Å². The zero-order valence-electron chi connectivity index (χ0n) is 15.1. The highest BCUT2D eigenvalue weighted by Gasteiger charge is 2.17. The number of halogens is 1. The Labute approximate surface area is 161 Å². The number of hydrogen-bond acceptors (Lipinski definition) is 4. The largest absolute Gasteiger partial charge is 0.486 e.